The molecule has 0 unspecified atom stereocenters. The van der Waals surface area contributed by atoms with Gasteiger partial charge in [0.25, 0.3) is 0 Å². The molecular formula is C18H20FN5O3S. The number of ether oxygens (including phenoxy) is 1. The second kappa shape index (κ2) is 8.44. The average Bonchev–Trinajstić information content (AvgIpc) is 3.09. The van der Waals surface area contributed by atoms with E-state index in [-0.39, 0.29) is 10.7 Å². The number of hydrogen-bond acceptors (Lipinski definition) is 7. The van der Waals surface area contributed by atoms with Gasteiger partial charge in [-0.2, -0.15) is 4.68 Å². The highest BCUT2D eigenvalue weighted by atomic mass is 32.2. The number of benzene rings is 2. The van der Waals surface area contributed by atoms with Gasteiger partial charge >= 0.3 is 0 Å². The fraction of sp³-hybridized carbons (Fsp3) is 0.278. The number of sulfone groups is 1. The molecule has 1 aromatic heterocycles. The Morgan fingerprint density at radius 1 is 1.18 bits per heavy atom. The van der Waals surface area contributed by atoms with E-state index in [1.54, 1.807) is 28.9 Å². The number of likely N-dealkylation sites (N-methyl/N-ethyl adjacent to an activating group) is 1. The van der Waals surface area contributed by atoms with Gasteiger partial charge < -0.3 is 4.74 Å². The van der Waals surface area contributed by atoms with E-state index in [2.05, 4.69) is 15.5 Å². The number of rotatable bonds is 8. The lowest BCUT2D eigenvalue weighted by atomic mass is 10.3. The molecule has 0 bridgehead atoms. The first-order valence-electron chi connectivity index (χ1n) is 8.47. The lowest BCUT2D eigenvalue weighted by Crippen LogP contribution is -2.25. The minimum absolute atomic E-state index is 0.234. The Balaban J connectivity index is 1.60. The van der Waals surface area contributed by atoms with Crippen molar-refractivity contribution in [3.05, 3.63) is 60.2 Å². The average molecular weight is 405 g/mol. The molecule has 3 rings (SSSR count). The second-order valence-electron chi connectivity index (χ2n) is 6.32. The van der Waals surface area contributed by atoms with Crippen molar-refractivity contribution in [2.45, 2.75) is 11.4 Å². The van der Waals surface area contributed by atoms with E-state index >= 15 is 0 Å². The number of halogens is 1. The Kier molecular flexibility index (Phi) is 6.00. The fourth-order valence-electron chi connectivity index (χ4n) is 2.54. The third-order valence-corrected chi connectivity index (χ3v) is 5.12. The molecule has 148 valence electrons. The molecule has 0 saturated heterocycles. The zero-order chi connectivity index (χ0) is 20.1. The summed E-state index contributed by atoms with van der Waals surface area (Å²) < 4.78 is 43.4. The highest BCUT2D eigenvalue weighted by Gasteiger charge is 2.13. The SMILES string of the molecule is CN(CCOc1cccc(F)c1)Cc1nnnn1-c1ccc(S(C)(=O)=O)cc1. The van der Waals surface area contributed by atoms with Gasteiger partial charge in [-0.1, -0.05) is 6.07 Å². The Morgan fingerprint density at radius 2 is 1.93 bits per heavy atom. The molecule has 0 N–H and O–H groups in total. The summed E-state index contributed by atoms with van der Waals surface area (Å²) in [7, 11) is -1.37. The topological polar surface area (TPSA) is 90.2 Å². The van der Waals surface area contributed by atoms with Gasteiger partial charge in [0.15, 0.2) is 15.7 Å². The van der Waals surface area contributed by atoms with Gasteiger partial charge in [0, 0.05) is 18.9 Å². The third kappa shape index (κ3) is 5.11. The van der Waals surface area contributed by atoms with Crippen LogP contribution in [-0.2, 0) is 16.4 Å². The first-order valence-corrected chi connectivity index (χ1v) is 10.4. The van der Waals surface area contributed by atoms with Crippen molar-refractivity contribution in [2.75, 3.05) is 26.5 Å². The summed E-state index contributed by atoms with van der Waals surface area (Å²) in [6, 6.07) is 12.3. The van der Waals surface area contributed by atoms with Crippen LogP contribution < -0.4 is 4.74 Å². The first-order chi connectivity index (χ1) is 13.3. The van der Waals surface area contributed by atoms with E-state index < -0.39 is 9.84 Å². The highest BCUT2D eigenvalue weighted by molar-refractivity contribution is 7.90. The van der Waals surface area contributed by atoms with Crippen LogP contribution in [0.25, 0.3) is 5.69 Å². The second-order valence-corrected chi connectivity index (χ2v) is 8.33. The van der Waals surface area contributed by atoms with Crippen LogP contribution in [-0.4, -0.2) is 60.0 Å². The van der Waals surface area contributed by atoms with Crippen molar-refractivity contribution in [1.82, 2.24) is 25.1 Å². The van der Waals surface area contributed by atoms with Crippen LogP contribution in [0.5, 0.6) is 5.75 Å². The van der Waals surface area contributed by atoms with Crippen molar-refractivity contribution >= 4 is 9.84 Å². The molecule has 0 aliphatic heterocycles. The quantitative estimate of drug-likeness (QED) is 0.564. The van der Waals surface area contributed by atoms with E-state index in [1.165, 1.54) is 24.3 Å². The molecule has 0 aliphatic rings. The summed E-state index contributed by atoms with van der Waals surface area (Å²) in [5.74, 6) is 0.733. The predicted octanol–water partition coefficient (Wildman–Crippen LogP) is 1.72. The van der Waals surface area contributed by atoms with Gasteiger partial charge in [0.05, 0.1) is 17.1 Å². The van der Waals surface area contributed by atoms with Gasteiger partial charge in [0.2, 0.25) is 0 Å². The molecule has 0 amide bonds. The van der Waals surface area contributed by atoms with E-state index in [0.717, 1.165) is 6.26 Å². The normalized spacial score (nSPS) is 11.7. The molecule has 28 heavy (non-hydrogen) atoms. The monoisotopic (exact) mass is 405 g/mol. The Bertz CT molecular complexity index is 1040. The van der Waals surface area contributed by atoms with Crippen molar-refractivity contribution < 1.29 is 17.5 Å². The standard InChI is InChI=1S/C18H20FN5O3S/c1-23(10-11-27-16-5-3-4-14(19)12-16)13-18-20-21-22-24(18)15-6-8-17(9-7-15)28(2,25)26/h3-9,12H,10-11,13H2,1-2H3. The van der Waals surface area contributed by atoms with E-state index in [1.807, 2.05) is 11.9 Å². The number of tetrazole rings is 1. The lowest BCUT2D eigenvalue weighted by molar-refractivity contribution is 0.228. The van der Waals surface area contributed by atoms with E-state index in [0.29, 0.717) is 37.0 Å². The molecule has 1 heterocycles. The van der Waals surface area contributed by atoms with Crippen molar-refractivity contribution in [3.8, 4) is 11.4 Å². The third-order valence-electron chi connectivity index (χ3n) is 3.99. The molecule has 0 saturated carbocycles. The highest BCUT2D eigenvalue weighted by Crippen LogP contribution is 2.15. The molecule has 0 fully saturated rings. The van der Waals surface area contributed by atoms with Crippen LogP contribution in [0.1, 0.15) is 5.82 Å². The van der Waals surface area contributed by atoms with Gasteiger partial charge in [0.1, 0.15) is 18.2 Å². The number of nitrogens with zero attached hydrogens (tertiary/aromatic N) is 5. The van der Waals surface area contributed by atoms with Gasteiger partial charge in [-0.25, -0.2) is 12.8 Å². The summed E-state index contributed by atoms with van der Waals surface area (Å²) in [6.45, 7) is 1.41. The van der Waals surface area contributed by atoms with Crippen molar-refractivity contribution in [2.24, 2.45) is 0 Å². The Labute approximate surface area is 162 Å². The molecule has 2 aromatic carbocycles. The molecule has 8 nitrogen and oxygen atoms in total. The zero-order valence-electron chi connectivity index (χ0n) is 15.5. The van der Waals surface area contributed by atoms with Crippen LogP contribution in [0.4, 0.5) is 4.39 Å². The smallest absolute Gasteiger partial charge is 0.175 e. The molecule has 0 spiro atoms. The molecule has 10 heteroatoms. The van der Waals surface area contributed by atoms with Crippen LogP contribution in [0.3, 0.4) is 0 Å². The van der Waals surface area contributed by atoms with Crippen molar-refractivity contribution in [3.63, 3.8) is 0 Å². The maximum atomic E-state index is 13.2. The maximum absolute atomic E-state index is 13.2. The molecular weight excluding hydrogens is 385 g/mol. The van der Waals surface area contributed by atoms with Crippen molar-refractivity contribution in [1.29, 1.82) is 0 Å². The minimum Gasteiger partial charge on any atom is -0.492 e. The first kappa shape index (κ1) is 19.9. The summed E-state index contributed by atoms with van der Waals surface area (Å²) >= 11 is 0. The molecule has 0 atom stereocenters. The zero-order valence-corrected chi connectivity index (χ0v) is 16.3. The fourth-order valence-corrected chi connectivity index (χ4v) is 3.17. The minimum atomic E-state index is -3.26. The van der Waals surface area contributed by atoms with Crippen LogP contribution in [0, 0.1) is 5.82 Å². The molecule has 0 radical (unpaired) electrons. The van der Waals surface area contributed by atoms with Gasteiger partial charge in [-0.15, -0.1) is 5.10 Å². The molecule has 0 aliphatic carbocycles. The molecule has 3 aromatic rings. The summed E-state index contributed by atoms with van der Waals surface area (Å²) in [5.41, 5.74) is 0.664. The Hall–Kier alpha value is -2.85. The van der Waals surface area contributed by atoms with E-state index in [4.69, 9.17) is 4.74 Å². The number of aromatic nitrogens is 4. The van der Waals surface area contributed by atoms with Gasteiger partial charge in [-0.05, 0) is 53.9 Å². The number of hydrogen-bond donors (Lipinski definition) is 0. The summed E-state index contributed by atoms with van der Waals surface area (Å²) in [6.07, 6.45) is 1.16. The Morgan fingerprint density at radius 3 is 2.61 bits per heavy atom. The van der Waals surface area contributed by atoms with E-state index in [9.17, 15) is 12.8 Å². The lowest BCUT2D eigenvalue weighted by Gasteiger charge is -2.16. The van der Waals surface area contributed by atoms with Gasteiger partial charge in [-0.3, -0.25) is 4.90 Å². The summed E-state index contributed by atoms with van der Waals surface area (Å²) in [4.78, 5) is 2.20. The van der Waals surface area contributed by atoms with Crippen LogP contribution in [0.15, 0.2) is 53.4 Å². The predicted molar refractivity (Wildman–Crippen MR) is 100 cm³/mol. The maximum Gasteiger partial charge on any atom is 0.175 e. The van der Waals surface area contributed by atoms with Crippen LogP contribution >= 0.6 is 0 Å². The largest absolute Gasteiger partial charge is 0.492 e. The summed E-state index contributed by atoms with van der Waals surface area (Å²) in [5, 5.41) is 11.7. The van der Waals surface area contributed by atoms with Crippen LogP contribution in [0.2, 0.25) is 0 Å².